The molecule has 4 aromatic rings. The summed E-state index contributed by atoms with van der Waals surface area (Å²) in [5, 5.41) is 5.28. The lowest BCUT2D eigenvalue weighted by molar-refractivity contribution is 0.0351. The molecule has 3 fully saturated rings. The van der Waals surface area contributed by atoms with Crippen LogP contribution in [0, 0.1) is 5.92 Å². The van der Waals surface area contributed by atoms with E-state index in [0.29, 0.717) is 12.3 Å². The second-order valence-corrected chi connectivity index (χ2v) is 12.0. The first-order valence-corrected chi connectivity index (χ1v) is 15.2. The molecule has 3 saturated heterocycles. The van der Waals surface area contributed by atoms with E-state index in [1.807, 2.05) is 48.5 Å². The number of aromatic nitrogens is 1. The van der Waals surface area contributed by atoms with E-state index in [0.717, 1.165) is 71.1 Å². The van der Waals surface area contributed by atoms with E-state index in [1.54, 1.807) is 6.26 Å². The first-order chi connectivity index (χ1) is 19.7. The summed E-state index contributed by atoms with van der Waals surface area (Å²) in [5.74, 6) is 1.53. The maximum absolute atomic E-state index is 13.2. The van der Waals surface area contributed by atoms with Crippen molar-refractivity contribution in [1.29, 1.82) is 0 Å². The first-order valence-electron chi connectivity index (χ1n) is 15.2. The van der Waals surface area contributed by atoms with Gasteiger partial charge < -0.3 is 29.3 Å². The summed E-state index contributed by atoms with van der Waals surface area (Å²) >= 11 is 0. The number of nitrogens with one attached hydrogen (secondary N) is 2. The summed E-state index contributed by atoms with van der Waals surface area (Å²) in [6, 6.07) is 16.8. The van der Waals surface area contributed by atoms with Gasteiger partial charge in [0.1, 0.15) is 23.6 Å². The summed E-state index contributed by atoms with van der Waals surface area (Å²) < 4.78 is 11.9. The SMILES string of the molecule is O=C(NC1CCN(C[C@@H]2CCCN3CCCC[C@H]23)CC1)c1cc2c(OCc3coc4ccccc34)cccc2[nH]1. The third kappa shape index (κ3) is 5.25. The Morgan fingerprint density at radius 1 is 0.950 bits per heavy atom. The molecule has 7 heteroatoms. The number of para-hydroxylation sites is 1. The topological polar surface area (TPSA) is 73.7 Å². The number of carbonyl (C=O) groups is 1. The van der Waals surface area contributed by atoms with Crippen molar-refractivity contribution in [3.63, 3.8) is 0 Å². The van der Waals surface area contributed by atoms with E-state index in [1.165, 1.54) is 51.7 Å². The molecule has 5 heterocycles. The van der Waals surface area contributed by atoms with Crippen LogP contribution in [0.25, 0.3) is 21.9 Å². The minimum absolute atomic E-state index is 0.0356. The second-order valence-electron chi connectivity index (χ2n) is 12.0. The van der Waals surface area contributed by atoms with Crippen LogP contribution in [-0.4, -0.2) is 65.5 Å². The fourth-order valence-corrected chi connectivity index (χ4v) is 7.32. The predicted molar refractivity (Wildman–Crippen MR) is 158 cm³/mol. The van der Waals surface area contributed by atoms with Gasteiger partial charge in [0.2, 0.25) is 0 Å². The molecular weight excluding hydrogens is 500 g/mol. The lowest BCUT2D eigenvalue weighted by Crippen LogP contribution is -2.52. The number of nitrogens with zero attached hydrogens (tertiary/aromatic N) is 2. The van der Waals surface area contributed by atoms with Crippen molar-refractivity contribution in [1.82, 2.24) is 20.1 Å². The van der Waals surface area contributed by atoms with Crippen LogP contribution in [-0.2, 0) is 6.61 Å². The molecular formula is C33H40N4O3. The minimum atomic E-state index is -0.0356. The first kappa shape index (κ1) is 25.7. The van der Waals surface area contributed by atoms with Gasteiger partial charge in [-0.05, 0) is 81.8 Å². The molecule has 2 atom stereocenters. The van der Waals surface area contributed by atoms with E-state index in [4.69, 9.17) is 9.15 Å². The molecule has 2 aromatic heterocycles. The highest BCUT2D eigenvalue weighted by Crippen LogP contribution is 2.32. The number of furan rings is 1. The fraction of sp³-hybridized carbons (Fsp3) is 0.485. The zero-order valence-corrected chi connectivity index (χ0v) is 23.2. The normalized spacial score (nSPS) is 22.9. The Morgan fingerprint density at radius 3 is 2.75 bits per heavy atom. The zero-order chi connectivity index (χ0) is 26.9. The van der Waals surface area contributed by atoms with Crippen LogP contribution in [0.4, 0.5) is 0 Å². The molecule has 40 heavy (non-hydrogen) atoms. The lowest BCUT2D eigenvalue weighted by Gasteiger charge is -2.46. The number of carbonyl (C=O) groups excluding carboxylic acids is 1. The van der Waals surface area contributed by atoms with Gasteiger partial charge in [-0.25, -0.2) is 0 Å². The van der Waals surface area contributed by atoms with Crippen LogP contribution >= 0.6 is 0 Å². The number of hydrogen-bond donors (Lipinski definition) is 2. The van der Waals surface area contributed by atoms with Crippen molar-refractivity contribution in [3.8, 4) is 5.75 Å². The standard InChI is InChI=1S/C33H40N4O3/c38-33(34-25-13-17-36(18-14-25)20-23-7-6-16-37-15-4-3-10-30(23)37)29-19-27-28(35-29)9-5-12-32(27)40-22-24-21-39-31-11-2-1-8-26(24)31/h1-2,5,8-9,11-12,19,21,23,25,30,35H,3-4,6-7,10,13-18,20,22H2,(H,34,38)/t23-,30+/m0/s1. The van der Waals surface area contributed by atoms with E-state index >= 15 is 0 Å². The number of fused-ring (bicyclic) bond motifs is 3. The Bertz CT molecular complexity index is 1460. The van der Waals surface area contributed by atoms with Crippen molar-refractivity contribution in [2.45, 2.75) is 63.6 Å². The highest BCUT2D eigenvalue weighted by atomic mass is 16.5. The van der Waals surface area contributed by atoms with Gasteiger partial charge in [-0.1, -0.05) is 30.7 Å². The Balaban J connectivity index is 0.947. The van der Waals surface area contributed by atoms with Crippen molar-refractivity contribution in [3.05, 3.63) is 66.1 Å². The summed E-state index contributed by atoms with van der Waals surface area (Å²) in [6.07, 6.45) is 10.7. The summed E-state index contributed by atoms with van der Waals surface area (Å²) in [4.78, 5) is 22.0. The van der Waals surface area contributed by atoms with Crippen LogP contribution in [0.15, 0.2) is 59.2 Å². The maximum Gasteiger partial charge on any atom is 0.267 e. The number of hydrogen-bond acceptors (Lipinski definition) is 5. The van der Waals surface area contributed by atoms with Crippen molar-refractivity contribution in [2.75, 3.05) is 32.7 Å². The molecule has 2 aromatic carbocycles. The molecule has 3 aliphatic rings. The van der Waals surface area contributed by atoms with Gasteiger partial charge in [0, 0.05) is 53.6 Å². The molecule has 0 bridgehead atoms. The van der Waals surface area contributed by atoms with E-state index < -0.39 is 0 Å². The van der Waals surface area contributed by atoms with Gasteiger partial charge >= 0.3 is 0 Å². The number of rotatable bonds is 7. The summed E-state index contributed by atoms with van der Waals surface area (Å²) in [6.45, 7) is 6.38. The Labute approximate surface area is 235 Å². The van der Waals surface area contributed by atoms with Gasteiger partial charge in [0.25, 0.3) is 5.91 Å². The quantitative estimate of drug-likeness (QED) is 0.303. The molecule has 7 nitrogen and oxygen atoms in total. The average Bonchev–Trinajstić information content (AvgIpc) is 3.62. The molecule has 210 valence electrons. The smallest absolute Gasteiger partial charge is 0.267 e. The number of H-pyrrole nitrogens is 1. The van der Waals surface area contributed by atoms with Gasteiger partial charge in [-0.15, -0.1) is 0 Å². The van der Waals surface area contributed by atoms with Crippen LogP contribution in [0.5, 0.6) is 5.75 Å². The molecule has 2 N–H and O–H groups in total. The highest BCUT2D eigenvalue weighted by Gasteiger charge is 2.34. The second kappa shape index (κ2) is 11.3. The molecule has 7 rings (SSSR count). The van der Waals surface area contributed by atoms with Crippen molar-refractivity contribution < 1.29 is 13.9 Å². The average molecular weight is 541 g/mol. The number of likely N-dealkylation sites (tertiary alicyclic amines) is 1. The van der Waals surface area contributed by atoms with E-state index in [-0.39, 0.29) is 11.9 Å². The minimum Gasteiger partial charge on any atom is -0.488 e. The van der Waals surface area contributed by atoms with Gasteiger partial charge in [-0.2, -0.15) is 0 Å². The molecule has 1 amide bonds. The van der Waals surface area contributed by atoms with E-state index in [9.17, 15) is 4.79 Å². The molecule has 0 unspecified atom stereocenters. The number of piperidine rings is 3. The van der Waals surface area contributed by atoms with Crippen LogP contribution in [0.2, 0.25) is 0 Å². The van der Waals surface area contributed by atoms with Crippen molar-refractivity contribution in [2.24, 2.45) is 5.92 Å². The van der Waals surface area contributed by atoms with Gasteiger partial charge in [-0.3, -0.25) is 4.79 Å². The zero-order valence-electron chi connectivity index (χ0n) is 23.2. The molecule has 0 spiro atoms. The van der Waals surface area contributed by atoms with Gasteiger partial charge in [0.05, 0.1) is 6.26 Å². The molecule has 3 aliphatic heterocycles. The van der Waals surface area contributed by atoms with Crippen LogP contribution in [0.3, 0.4) is 0 Å². The Morgan fingerprint density at radius 2 is 1.82 bits per heavy atom. The van der Waals surface area contributed by atoms with Crippen molar-refractivity contribution >= 4 is 27.8 Å². The Hall–Kier alpha value is -3.29. The van der Waals surface area contributed by atoms with E-state index in [2.05, 4.69) is 20.1 Å². The monoisotopic (exact) mass is 540 g/mol. The van der Waals surface area contributed by atoms with Gasteiger partial charge in [0.15, 0.2) is 0 Å². The molecule has 0 aliphatic carbocycles. The highest BCUT2D eigenvalue weighted by molar-refractivity contribution is 5.99. The summed E-state index contributed by atoms with van der Waals surface area (Å²) in [7, 11) is 0. The molecule has 0 radical (unpaired) electrons. The fourth-order valence-electron chi connectivity index (χ4n) is 7.32. The number of benzene rings is 2. The third-order valence-electron chi connectivity index (χ3n) is 9.46. The lowest BCUT2D eigenvalue weighted by atomic mass is 9.83. The number of aromatic amines is 1. The van der Waals surface area contributed by atoms with Crippen LogP contribution in [0.1, 0.15) is 61.0 Å². The maximum atomic E-state index is 13.2. The number of ether oxygens (including phenoxy) is 1. The summed E-state index contributed by atoms with van der Waals surface area (Å²) in [5.41, 5.74) is 3.35. The number of amides is 1. The largest absolute Gasteiger partial charge is 0.488 e. The predicted octanol–water partition coefficient (Wildman–Crippen LogP) is 5.95. The molecule has 0 saturated carbocycles. The Kier molecular flexibility index (Phi) is 7.25. The third-order valence-corrected chi connectivity index (χ3v) is 9.46. The van der Waals surface area contributed by atoms with Crippen LogP contribution < -0.4 is 10.1 Å².